The first kappa shape index (κ1) is 15.9. The second-order valence-corrected chi connectivity index (χ2v) is 5.93. The molecule has 3 nitrogen and oxygen atoms in total. The Morgan fingerprint density at radius 2 is 1.95 bits per heavy atom. The van der Waals surface area contributed by atoms with Gasteiger partial charge in [0.25, 0.3) is 5.91 Å². The van der Waals surface area contributed by atoms with E-state index < -0.39 is 0 Å². The quantitative estimate of drug-likeness (QED) is 0.741. The van der Waals surface area contributed by atoms with Crippen molar-refractivity contribution in [3.8, 4) is 5.75 Å². The summed E-state index contributed by atoms with van der Waals surface area (Å²) in [6.07, 6.45) is 8.89. The highest BCUT2D eigenvalue weighted by atomic mass is 16.5. The molecule has 0 radical (unpaired) electrons. The molecule has 1 amide bonds. The molecule has 1 N–H and O–H groups in total. The summed E-state index contributed by atoms with van der Waals surface area (Å²) < 4.78 is 5.49. The van der Waals surface area contributed by atoms with Crippen LogP contribution in [0.3, 0.4) is 0 Å². The molecular weight excluding hydrogens is 262 g/mol. The fourth-order valence-electron chi connectivity index (χ4n) is 2.94. The number of ether oxygens (including phenoxy) is 1. The van der Waals surface area contributed by atoms with Crippen molar-refractivity contribution >= 4 is 5.91 Å². The number of amides is 1. The van der Waals surface area contributed by atoms with E-state index in [9.17, 15) is 4.79 Å². The number of rotatable bonds is 8. The molecule has 0 aliphatic heterocycles. The zero-order chi connectivity index (χ0) is 14.9. The Morgan fingerprint density at radius 1 is 1.24 bits per heavy atom. The first-order valence-corrected chi connectivity index (χ1v) is 8.26. The SMILES string of the molecule is CCc1ccc(OCC(=O)NCCCC2CCCC2)cc1. The molecule has 116 valence electrons. The maximum atomic E-state index is 11.7. The van der Waals surface area contributed by atoms with Crippen LogP contribution in [0.25, 0.3) is 0 Å². The molecule has 1 aliphatic rings. The van der Waals surface area contributed by atoms with E-state index in [1.807, 2.05) is 24.3 Å². The number of hydrogen-bond donors (Lipinski definition) is 1. The standard InChI is InChI=1S/C18H27NO2/c1-2-15-9-11-17(12-10-15)21-14-18(20)19-13-5-8-16-6-3-4-7-16/h9-12,16H,2-8,13-14H2,1H3,(H,19,20). The summed E-state index contributed by atoms with van der Waals surface area (Å²) in [5.74, 6) is 1.63. The van der Waals surface area contributed by atoms with Gasteiger partial charge in [-0.15, -0.1) is 0 Å². The van der Waals surface area contributed by atoms with Crippen molar-refractivity contribution in [2.24, 2.45) is 5.92 Å². The van der Waals surface area contributed by atoms with Crippen molar-refractivity contribution in [2.45, 2.75) is 51.9 Å². The van der Waals surface area contributed by atoms with Gasteiger partial charge in [-0.1, -0.05) is 44.7 Å². The molecule has 1 aliphatic carbocycles. The van der Waals surface area contributed by atoms with Gasteiger partial charge < -0.3 is 10.1 Å². The van der Waals surface area contributed by atoms with Gasteiger partial charge in [0, 0.05) is 6.54 Å². The predicted molar refractivity (Wildman–Crippen MR) is 85.5 cm³/mol. The molecule has 2 rings (SSSR count). The normalized spacial score (nSPS) is 15.1. The summed E-state index contributed by atoms with van der Waals surface area (Å²) in [6, 6.07) is 7.92. The van der Waals surface area contributed by atoms with Gasteiger partial charge in [0.15, 0.2) is 6.61 Å². The van der Waals surface area contributed by atoms with Crippen molar-refractivity contribution < 1.29 is 9.53 Å². The molecule has 1 aromatic rings. The molecule has 0 heterocycles. The van der Waals surface area contributed by atoms with E-state index in [0.29, 0.717) is 0 Å². The van der Waals surface area contributed by atoms with Crippen LogP contribution >= 0.6 is 0 Å². The molecule has 1 saturated carbocycles. The Kier molecular flexibility index (Phi) is 6.58. The number of benzene rings is 1. The Balaban J connectivity index is 1.56. The van der Waals surface area contributed by atoms with Crippen LogP contribution in [0.15, 0.2) is 24.3 Å². The molecule has 0 spiro atoms. The molecule has 3 heteroatoms. The van der Waals surface area contributed by atoms with Crippen LogP contribution in [-0.2, 0) is 11.2 Å². The summed E-state index contributed by atoms with van der Waals surface area (Å²) in [6.45, 7) is 3.00. The molecule has 0 saturated heterocycles. The van der Waals surface area contributed by atoms with E-state index in [0.717, 1.165) is 31.1 Å². The van der Waals surface area contributed by atoms with Gasteiger partial charge in [0.05, 0.1) is 0 Å². The van der Waals surface area contributed by atoms with E-state index in [2.05, 4.69) is 12.2 Å². The van der Waals surface area contributed by atoms with Gasteiger partial charge in [-0.2, -0.15) is 0 Å². The summed E-state index contributed by atoms with van der Waals surface area (Å²) in [5.41, 5.74) is 1.28. The summed E-state index contributed by atoms with van der Waals surface area (Å²) >= 11 is 0. The third-order valence-electron chi connectivity index (χ3n) is 4.29. The first-order valence-electron chi connectivity index (χ1n) is 8.26. The van der Waals surface area contributed by atoms with Crippen LogP contribution in [0.4, 0.5) is 0 Å². The minimum Gasteiger partial charge on any atom is -0.484 e. The smallest absolute Gasteiger partial charge is 0.257 e. The van der Waals surface area contributed by atoms with Crippen LogP contribution in [0, 0.1) is 5.92 Å². The van der Waals surface area contributed by atoms with Gasteiger partial charge >= 0.3 is 0 Å². The molecule has 0 unspecified atom stereocenters. The van der Waals surface area contributed by atoms with Crippen LogP contribution in [0.2, 0.25) is 0 Å². The van der Waals surface area contributed by atoms with Gasteiger partial charge in [0.1, 0.15) is 5.75 Å². The summed E-state index contributed by atoms with van der Waals surface area (Å²) in [4.78, 5) is 11.7. The van der Waals surface area contributed by atoms with Gasteiger partial charge in [0.2, 0.25) is 0 Å². The zero-order valence-corrected chi connectivity index (χ0v) is 13.1. The van der Waals surface area contributed by atoms with Crippen LogP contribution in [0.1, 0.15) is 51.0 Å². The van der Waals surface area contributed by atoms with Crippen molar-refractivity contribution in [1.82, 2.24) is 5.32 Å². The number of nitrogens with one attached hydrogen (secondary N) is 1. The molecular formula is C18H27NO2. The predicted octanol–water partition coefficient (Wildman–Crippen LogP) is 3.71. The lowest BCUT2D eigenvalue weighted by atomic mass is 10.0. The molecule has 21 heavy (non-hydrogen) atoms. The Morgan fingerprint density at radius 3 is 2.62 bits per heavy atom. The lowest BCUT2D eigenvalue weighted by molar-refractivity contribution is -0.123. The highest BCUT2D eigenvalue weighted by molar-refractivity contribution is 5.77. The van der Waals surface area contributed by atoms with Crippen molar-refractivity contribution in [1.29, 1.82) is 0 Å². The highest BCUT2D eigenvalue weighted by Gasteiger charge is 2.14. The lowest BCUT2D eigenvalue weighted by Crippen LogP contribution is -2.29. The van der Waals surface area contributed by atoms with Gasteiger partial charge in [-0.3, -0.25) is 4.79 Å². The molecule has 1 fully saturated rings. The van der Waals surface area contributed by atoms with E-state index in [1.54, 1.807) is 0 Å². The van der Waals surface area contributed by atoms with E-state index in [1.165, 1.54) is 37.7 Å². The van der Waals surface area contributed by atoms with E-state index >= 15 is 0 Å². The third-order valence-corrected chi connectivity index (χ3v) is 4.29. The van der Waals surface area contributed by atoms with Gasteiger partial charge in [-0.25, -0.2) is 0 Å². The largest absolute Gasteiger partial charge is 0.484 e. The molecule has 0 aromatic heterocycles. The van der Waals surface area contributed by atoms with E-state index in [-0.39, 0.29) is 12.5 Å². The van der Waals surface area contributed by atoms with Gasteiger partial charge in [-0.05, 0) is 42.9 Å². The maximum Gasteiger partial charge on any atom is 0.257 e. The number of carbonyl (C=O) groups is 1. The Labute approximate surface area is 128 Å². The highest BCUT2D eigenvalue weighted by Crippen LogP contribution is 2.28. The molecule has 1 aromatic carbocycles. The summed E-state index contributed by atoms with van der Waals surface area (Å²) in [5, 5.41) is 2.94. The van der Waals surface area contributed by atoms with Crippen LogP contribution in [-0.4, -0.2) is 19.1 Å². The number of aryl methyl sites for hydroxylation is 1. The van der Waals surface area contributed by atoms with Crippen molar-refractivity contribution in [2.75, 3.05) is 13.2 Å². The zero-order valence-electron chi connectivity index (χ0n) is 13.1. The monoisotopic (exact) mass is 289 g/mol. The molecule has 0 atom stereocenters. The summed E-state index contributed by atoms with van der Waals surface area (Å²) in [7, 11) is 0. The third kappa shape index (κ3) is 5.78. The fourth-order valence-corrected chi connectivity index (χ4v) is 2.94. The number of hydrogen-bond acceptors (Lipinski definition) is 2. The Hall–Kier alpha value is -1.51. The van der Waals surface area contributed by atoms with Crippen molar-refractivity contribution in [3.05, 3.63) is 29.8 Å². The Bertz CT molecular complexity index is 421. The number of carbonyl (C=O) groups excluding carboxylic acids is 1. The average molecular weight is 289 g/mol. The average Bonchev–Trinajstić information content (AvgIpc) is 3.03. The molecule has 0 bridgehead atoms. The second-order valence-electron chi connectivity index (χ2n) is 5.93. The lowest BCUT2D eigenvalue weighted by Gasteiger charge is -2.10. The maximum absolute atomic E-state index is 11.7. The first-order chi connectivity index (χ1) is 10.3. The second kappa shape index (κ2) is 8.71. The fraction of sp³-hybridized carbons (Fsp3) is 0.611. The van der Waals surface area contributed by atoms with Crippen molar-refractivity contribution in [3.63, 3.8) is 0 Å². The minimum absolute atomic E-state index is 0.0269. The van der Waals surface area contributed by atoms with Crippen LogP contribution < -0.4 is 10.1 Å². The topological polar surface area (TPSA) is 38.3 Å². The van der Waals surface area contributed by atoms with E-state index in [4.69, 9.17) is 4.74 Å². The van der Waals surface area contributed by atoms with Crippen LogP contribution in [0.5, 0.6) is 5.75 Å². The minimum atomic E-state index is -0.0269.